The Labute approximate surface area is 246 Å². The van der Waals surface area contributed by atoms with Gasteiger partial charge >= 0.3 is 0 Å². The Bertz CT molecular complexity index is 1470. The van der Waals surface area contributed by atoms with Gasteiger partial charge in [0.05, 0.1) is 17.4 Å². The molecule has 3 aromatic rings. The van der Waals surface area contributed by atoms with Crippen molar-refractivity contribution in [3.05, 3.63) is 66.5 Å². The van der Waals surface area contributed by atoms with Gasteiger partial charge in [0.1, 0.15) is 35.2 Å². The molecule has 0 radical (unpaired) electrons. The van der Waals surface area contributed by atoms with Crippen molar-refractivity contribution in [1.29, 1.82) is 0 Å². The maximum absolute atomic E-state index is 12.9. The zero-order chi connectivity index (χ0) is 29.3. The number of rotatable bonds is 9. The van der Waals surface area contributed by atoms with Crippen LogP contribution in [0.25, 0.3) is 0 Å². The van der Waals surface area contributed by atoms with E-state index in [0.717, 1.165) is 42.8 Å². The second kappa shape index (κ2) is 11.6. The Kier molecular flexibility index (Phi) is 7.70. The van der Waals surface area contributed by atoms with Crippen molar-refractivity contribution in [2.24, 2.45) is 0 Å². The lowest BCUT2D eigenvalue weighted by atomic mass is 9.90. The third kappa shape index (κ3) is 5.88. The van der Waals surface area contributed by atoms with Gasteiger partial charge in [0.25, 0.3) is 5.91 Å². The molecule has 1 aromatic carbocycles. The maximum Gasteiger partial charge on any atom is 0.256 e. The Balaban J connectivity index is 1.22. The van der Waals surface area contributed by atoms with Crippen LogP contribution in [-0.4, -0.2) is 75.7 Å². The molecule has 11 nitrogen and oxygen atoms in total. The molecule has 11 heteroatoms. The SMILES string of the molecule is C=CCNC(=O)c1cnc(Nc2ccc3c(c2)OCC2CN(C4CCC4)CCN32)nc1Nc1cccc(C(C)(C)O)n1. The van der Waals surface area contributed by atoms with Gasteiger partial charge in [-0.3, -0.25) is 9.69 Å². The number of aliphatic hydroxyl groups is 1. The fourth-order valence-corrected chi connectivity index (χ4v) is 5.61. The molecule has 0 bridgehead atoms. The van der Waals surface area contributed by atoms with Gasteiger partial charge in [0.2, 0.25) is 5.95 Å². The average molecular weight is 571 g/mol. The van der Waals surface area contributed by atoms with Crippen LogP contribution in [0.5, 0.6) is 5.75 Å². The fourth-order valence-electron chi connectivity index (χ4n) is 5.61. The normalized spacial score (nSPS) is 18.6. The van der Waals surface area contributed by atoms with E-state index in [4.69, 9.17) is 4.74 Å². The molecule has 220 valence electrons. The highest BCUT2D eigenvalue weighted by molar-refractivity contribution is 5.99. The van der Waals surface area contributed by atoms with E-state index in [2.05, 4.69) is 53.3 Å². The number of benzene rings is 1. The number of carbonyl (C=O) groups is 1. The van der Waals surface area contributed by atoms with Gasteiger partial charge in [0.15, 0.2) is 0 Å². The predicted octanol–water partition coefficient (Wildman–Crippen LogP) is 3.94. The van der Waals surface area contributed by atoms with Gasteiger partial charge < -0.3 is 30.7 Å². The summed E-state index contributed by atoms with van der Waals surface area (Å²) in [5.41, 5.74) is 1.49. The highest BCUT2D eigenvalue weighted by Crippen LogP contribution is 2.39. The number of anilines is 5. The summed E-state index contributed by atoms with van der Waals surface area (Å²) in [5.74, 6) is 1.50. The summed E-state index contributed by atoms with van der Waals surface area (Å²) >= 11 is 0. The van der Waals surface area contributed by atoms with E-state index in [1.165, 1.54) is 25.5 Å². The Morgan fingerprint density at radius 1 is 1.17 bits per heavy atom. The summed E-state index contributed by atoms with van der Waals surface area (Å²) in [6, 6.07) is 12.4. The minimum Gasteiger partial charge on any atom is -0.489 e. The minimum absolute atomic E-state index is 0.249. The van der Waals surface area contributed by atoms with Crippen LogP contribution in [0, 0.1) is 0 Å². The molecule has 1 atom stereocenters. The molecule has 1 saturated carbocycles. The molecule has 0 spiro atoms. The molecule has 6 rings (SSSR count). The number of hydrogen-bond donors (Lipinski definition) is 4. The Morgan fingerprint density at radius 2 is 2.02 bits per heavy atom. The molecular formula is C31H38N8O3. The minimum atomic E-state index is -1.13. The van der Waals surface area contributed by atoms with Crippen LogP contribution < -0.4 is 25.6 Å². The van der Waals surface area contributed by atoms with E-state index in [0.29, 0.717) is 36.7 Å². The quantitative estimate of drug-likeness (QED) is 0.281. The van der Waals surface area contributed by atoms with Gasteiger partial charge in [0, 0.05) is 50.2 Å². The monoisotopic (exact) mass is 570 g/mol. The van der Waals surface area contributed by atoms with Crippen molar-refractivity contribution in [2.75, 3.05) is 48.3 Å². The van der Waals surface area contributed by atoms with Crippen LogP contribution in [-0.2, 0) is 5.60 Å². The number of piperazine rings is 1. The lowest BCUT2D eigenvalue weighted by Crippen LogP contribution is -2.60. The number of aromatic nitrogens is 3. The van der Waals surface area contributed by atoms with Crippen molar-refractivity contribution in [2.45, 2.75) is 50.8 Å². The largest absolute Gasteiger partial charge is 0.489 e. The zero-order valence-electron chi connectivity index (χ0n) is 24.1. The molecule has 1 aliphatic carbocycles. The number of nitrogens with one attached hydrogen (secondary N) is 3. The summed E-state index contributed by atoms with van der Waals surface area (Å²) in [4.78, 5) is 31.5. The first-order valence-corrected chi connectivity index (χ1v) is 14.6. The van der Waals surface area contributed by atoms with E-state index in [1.54, 1.807) is 38.1 Å². The first-order chi connectivity index (χ1) is 20.3. The van der Waals surface area contributed by atoms with E-state index >= 15 is 0 Å². The number of ether oxygens (including phenoxy) is 1. The van der Waals surface area contributed by atoms with Crippen molar-refractivity contribution < 1.29 is 14.6 Å². The standard InChI is InChI=1S/C31H38N8O3/c1-4-13-32-29(40)23-17-33-30(37-28(23)36-27-10-6-9-26(35-27)31(2,3)41)34-20-11-12-24-25(16-20)42-19-22-18-38(14-15-39(22)24)21-7-5-8-21/h4,6,9-12,16-17,21-22,41H,1,5,7-8,13-15,18-19H2,2-3H3,(H,32,40)(H2,33,34,35,36,37). The van der Waals surface area contributed by atoms with Crippen molar-refractivity contribution >= 4 is 34.9 Å². The number of amides is 1. The molecule has 2 aromatic heterocycles. The van der Waals surface area contributed by atoms with Crippen LogP contribution in [0.1, 0.15) is 49.2 Å². The number of nitrogens with zero attached hydrogens (tertiary/aromatic N) is 5. The number of hydrogen-bond acceptors (Lipinski definition) is 10. The Morgan fingerprint density at radius 3 is 2.79 bits per heavy atom. The smallest absolute Gasteiger partial charge is 0.256 e. The van der Waals surface area contributed by atoms with Crippen LogP contribution in [0.3, 0.4) is 0 Å². The van der Waals surface area contributed by atoms with E-state index in [-0.39, 0.29) is 17.3 Å². The molecule has 4 heterocycles. The van der Waals surface area contributed by atoms with Gasteiger partial charge in [-0.2, -0.15) is 4.98 Å². The molecule has 2 fully saturated rings. The molecule has 1 amide bonds. The molecule has 4 N–H and O–H groups in total. The number of fused-ring (bicyclic) bond motifs is 3. The van der Waals surface area contributed by atoms with Crippen molar-refractivity contribution in [1.82, 2.24) is 25.2 Å². The summed E-state index contributed by atoms with van der Waals surface area (Å²) in [5, 5.41) is 19.6. The third-order valence-electron chi connectivity index (χ3n) is 8.12. The van der Waals surface area contributed by atoms with Crippen molar-refractivity contribution in [3.63, 3.8) is 0 Å². The molecule has 42 heavy (non-hydrogen) atoms. The van der Waals surface area contributed by atoms with Gasteiger partial charge in [-0.15, -0.1) is 6.58 Å². The van der Waals surface area contributed by atoms with E-state index in [9.17, 15) is 9.90 Å². The number of pyridine rings is 1. The second-order valence-corrected chi connectivity index (χ2v) is 11.6. The topological polar surface area (TPSA) is 128 Å². The third-order valence-corrected chi connectivity index (χ3v) is 8.12. The van der Waals surface area contributed by atoms with Crippen LogP contribution in [0.15, 0.2) is 55.3 Å². The summed E-state index contributed by atoms with van der Waals surface area (Å²) in [6.45, 7) is 11.1. The first-order valence-electron chi connectivity index (χ1n) is 14.6. The molecular weight excluding hydrogens is 532 g/mol. The zero-order valence-corrected chi connectivity index (χ0v) is 24.1. The molecule has 2 aliphatic heterocycles. The summed E-state index contributed by atoms with van der Waals surface area (Å²) in [6.07, 6.45) is 7.07. The van der Waals surface area contributed by atoms with Crippen LogP contribution in [0.2, 0.25) is 0 Å². The molecule has 1 saturated heterocycles. The highest BCUT2D eigenvalue weighted by Gasteiger charge is 2.36. The maximum atomic E-state index is 12.9. The summed E-state index contributed by atoms with van der Waals surface area (Å²) < 4.78 is 6.23. The van der Waals surface area contributed by atoms with Gasteiger partial charge in [-0.1, -0.05) is 18.6 Å². The van der Waals surface area contributed by atoms with Crippen molar-refractivity contribution in [3.8, 4) is 5.75 Å². The fraction of sp³-hybridized carbons (Fsp3) is 0.419. The molecule has 1 unspecified atom stereocenters. The van der Waals surface area contributed by atoms with Gasteiger partial charge in [-0.05, 0) is 51.0 Å². The van der Waals surface area contributed by atoms with Gasteiger partial charge in [-0.25, -0.2) is 9.97 Å². The Hall–Kier alpha value is -4.22. The predicted molar refractivity (Wildman–Crippen MR) is 163 cm³/mol. The average Bonchev–Trinajstić information content (AvgIpc) is 2.94. The molecule has 3 aliphatic rings. The van der Waals surface area contributed by atoms with E-state index < -0.39 is 5.60 Å². The van der Waals surface area contributed by atoms with Crippen LogP contribution >= 0.6 is 0 Å². The lowest BCUT2D eigenvalue weighted by Gasteiger charge is -2.49. The lowest BCUT2D eigenvalue weighted by molar-refractivity contribution is 0.0740. The first kappa shape index (κ1) is 27.9. The van der Waals surface area contributed by atoms with E-state index in [1.807, 2.05) is 12.1 Å². The number of carbonyl (C=O) groups excluding carboxylic acids is 1. The van der Waals surface area contributed by atoms with Crippen LogP contribution in [0.4, 0.5) is 29.0 Å². The summed E-state index contributed by atoms with van der Waals surface area (Å²) in [7, 11) is 0. The second-order valence-electron chi connectivity index (χ2n) is 11.6. The highest BCUT2D eigenvalue weighted by atomic mass is 16.5.